The summed E-state index contributed by atoms with van der Waals surface area (Å²) in [6.45, 7) is 7.39. The van der Waals surface area contributed by atoms with Gasteiger partial charge in [0, 0.05) is 11.8 Å². The van der Waals surface area contributed by atoms with Gasteiger partial charge >= 0.3 is 0 Å². The van der Waals surface area contributed by atoms with E-state index in [-0.39, 0.29) is 0 Å². The highest BCUT2D eigenvalue weighted by molar-refractivity contribution is 5.33. The minimum Gasteiger partial charge on any atom is -0.276 e. The molecule has 1 nitrogen and oxygen atoms in total. The average Bonchev–Trinajstić information content (AvgIpc) is 3.32. The summed E-state index contributed by atoms with van der Waals surface area (Å²) in [5.74, 6) is 2.00. The molecule has 0 N–H and O–H groups in total. The molecule has 2 saturated heterocycles. The van der Waals surface area contributed by atoms with E-state index < -0.39 is 0 Å². The maximum absolute atomic E-state index is 2.50. The summed E-state index contributed by atoms with van der Waals surface area (Å²) in [7, 11) is 0. The molecule has 0 aromatic rings. The van der Waals surface area contributed by atoms with Gasteiger partial charge in [-0.1, -0.05) is 54.2 Å². The molecule has 2 heterocycles. The van der Waals surface area contributed by atoms with Crippen LogP contribution in [0.3, 0.4) is 0 Å². The van der Waals surface area contributed by atoms with Gasteiger partial charge in [-0.15, -0.1) is 0 Å². The molecule has 4 aliphatic rings. The van der Waals surface area contributed by atoms with Gasteiger partial charge in [0.05, 0.1) is 6.54 Å². The van der Waals surface area contributed by atoms with Crippen LogP contribution in [0.25, 0.3) is 0 Å². The number of hydrogen-bond acceptors (Lipinski definition) is 0. The molecule has 21 heavy (non-hydrogen) atoms. The largest absolute Gasteiger partial charge is 0.276 e. The Morgan fingerprint density at radius 2 is 1.71 bits per heavy atom. The van der Waals surface area contributed by atoms with E-state index in [1.54, 1.807) is 0 Å². The van der Waals surface area contributed by atoms with Crippen molar-refractivity contribution in [3.63, 3.8) is 0 Å². The lowest BCUT2D eigenvalue weighted by Gasteiger charge is -2.21. The maximum Gasteiger partial charge on any atom is 0.154 e. The SMILES string of the molecule is CC1=CC=C([N+]23CC4CC4C2(C)C3)C=CC=CC=CC=C1. The topological polar surface area (TPSA) is 0 Å². The summed E-state index contributed by atoms with van der Waals surface area (Å²) in [4.78, 5) is 0. The fourth-order valence-corrected chi connectivity index (χ4v) is 4.55. The predicted octanol–water partition coefficient (Wildman–Crippen LogP) is 4.29. The van der Waals surface area contributed by atoms with Gasteiger partial charge < -0.3 is 0 Å². The third kappa shape index (κ3) is 1.95. The van der Waals surface area contributed by atoms with Crippen LogP contribution in [0.15, 0.2) is 72.0 Å². The Labute approximate surface area is 127 Å². The first-order chi connectivity index (χ1) is 10.2. The van der Waals surface area contributed by atoms with Gasteiger partial charge in [-0.25, -0.2) is 0 Å². The molecule has 3 fully saturated rings. The van der Waals surface area contributed by atoms with Crippen molar-refractivity contribution in [3.8, 4) is 0 Å². The highest BCUT2D eigenvalue weighted by Crippen LogP contribution is 2.70. The zero-order valence-electron chi connectivity index (χ0n) is 13.0. The molecule has 1 heteroatoms. The molecule has 0 aromatic heterocycles. The second kappa shape index (κ2) is 4.45. The van der Waals surface area contributed by atoms with Gasteiger partial charge in [0.1, 0.15) is 12.2 Å². The van der Waals surface area contributed by atoms with Crippen molar-refractivity contribution in [2.45, 2.75) is 25.8 Å². The number of rotatable bonds is 1. The van der Waals surface area contributed by atoms with Gasteiger partial charge in [-0.05, 0) is 32.4 Å². The quantitative estimate of drug-likeness (QED) is 0.496. The van der Waals surface area contributed by atoms with Gasteiger partial charge in [0.15, 0.2) is 5.54 Å². The molecular formula is C20H24N+. The highest BCUT2D eigenvalue weighted by atomic mass is 15.6. The molecule has 0 aromatic carbocycles. The Kier molecular flexibility index (Phi) is 2.77. The van der Waals surface area contributed by atoms with Gasteiger partial charge in [-0.2, -0.15) is 0 Å². The summed E-state index contributed by atoms with van der Waals surface area (Å²) in [5, 5.41) is 0. The van der Waals surface area contributed by atoms with E-state index >= 15 is 0 Å². The molecule has 2 aliphatic carbocycles. The van der Waals surface area contributed by atoms with E-state index in [1.807, 2.05) is 0 Å². The Morgan fingerprint density at radius 1 is 1.00 bits per heavy atom. The van der Waals surface area contributed by atoms with Crippen molar-refractivity contribution in [1.82, 2.24) is 0 Å². The molecule has 2 aliphatic heterocycles. The van der Waals surface area contributed by atoms with E-state index in [1.165, 1.54) is 35.3 Å². The average molecular weight is 278 g/mol. The fraction of sp³-hybridized carbons (Fsp3) is 0.400. The van der Waals surface area contributed by atoms with Crippen molar-refractivity contribution in [3.05, 3.63) is 72.0 Å². The van der Waals surface area contributed by atoms with Crippen molar-refractivity contribution in [2.75, 3.05) is 13.1 Å². The van der Waals surface area contributed by atoms with Crippen LogP contribution in [0, 0.1) is 11.8 Å². The van der Waals surface area contributed by atoms with Crippen molar-refractivity contribution in [1.29, 1.82) is 0 Å². The number of allylic oxidation sites excluding steroid dienone is 11. The summed E-state index contributed by atoms with van der Waals surface area (Å²) < 4.78 is 1.23. The van der Waals surface area contributed by atoms with Crippen LogP contribution in [0.2, 0.25) is 0 Å². The Morgan fingerprint density at radius 3 is 2.43 bits per heavy atom. The van der Waals surface area contributed by atoms with E-state index in [2.05, 4.69) is 74.6 Å². The molecule has 108 valence electrons. The van der Waals surface area contributed by atoms with Crippen molar-refractivity contribution in [2.24, 2.45) is 11.8 Å². The molecular weight excluding hydrogens is 254 g/mol. The maximum atomic E-state index is 2.50. The van der Waals surface area contributed by atoms with Crippen LogP contribution in [0.1, 0.15) is 20.3 Å². The zero-order chi connectivity index (χ0) is 14.5. The van der Waals surface area contributed by atoms with Crippen LogP contribution in [0.4, 0.5) is 0 Å². The van der Waals surface area contributed by atoms with Crippen LogP contribution in [-0.4, -0.2) is 23.1 Å². The van der Waals surface area contributed by atoms with Gasteiger partial charge in [0.2, 0.25) is 0 Å². The highest BCUT2D eigenvalue weighted by Gasteiger charge is 2.83. The monoisotopic (exact) mass is 278 g/mol. The predicted molar refractivity (Wildman–Crippen MR) is 88.4 cm³/mol. The number of fused-ring (bicyclic) bond motifs is 3. The van der Waals surface area contributed by atoms with Crippen LogP contribution in [-0.2, 0) is 0 Å². The summed E-state index contributed by atoms with van der Waals surface area (Å²) >= 11 is 0. The first-order valence-corrected chi connectivity index (χ1v) is 8.10. The lowest BCUT2D eigenvalue weighted by molar-refractivity contribution is -0.778. The molecule has 0 amide bonds. The van der Waals surface area contributed by atoms with Crippen molar-refractivity contribution >= 4 is 0 Å². The Hall–Kier alpha value is -1.60. The second-order valence-corrected chi connectivity index (χ2v) is 7.26. The number of quaternary nitrogens is 1. The molecule has 4 atom stereocenters. The first kappa shape index (κ1) is 13.1. The molecule has 4 rings (SSSR count). The van der Waals surface area contributed by atoms with E-state index in [9.17, 15) is 0 Å². The van der Waals surface area contributed by atoms with Gasteiger partial charge in [0.25, 0.3) is 0 Å². The normalized spacial score (nSPS) is 43.3. The van der Waals surface area contributed by atoms with E-state index in [4.69, 9.17) is 0 Å². The van der Waals surface area contributed by atoms with Gasteiger partial charge in [-0.3, -0.25) is 4.48 Å². The fourth-order valence-electron chi connectivity index (χ4n) is 4.55. The Balaban J connectivity index is 1.69. The third-order valence-electron chi connectivity index (χ3n) is 5.92. The van der Waals surface area contributed by atoms with Crippen LogP contribution < -0.4 is 0 Å². The zero-order valence-corrected chi connectivity index (χ0v) is 13.0. The third-order valence-corrected chi connectivity index (χ3v) is 5.92. The lowest BCUT2D eigenvalue weighted by atomic mass is 10.1. The summed E-state index contributed by atoms with van der Waals surface area (Å²) in [6, 6.07) is 0. The summed E-state index contributed by atoms with van der Waals surface area (Å²) in [6.07, 6.45) is 23.3. The molecule has 1 saturated carbocycles. The molecule has 0 radical (unpaired) electrons. The minimum atomic E-state index is 0.541. The molecule has 4 unspecified atom stereocenters. The Bertz CT molecular complexity index is 643. The first-order valence-electron chi connectivity index (χ1n) is 8.10. The smallest absolute Gasteiger partial charge is 0.154 e. The lowest BCUT2D eigenvalue weighted by Crippen LogP contribution is -2.31. The molecule has 0 spiro atoms. The number of hydrogen-bond donors (Lipinski definition) is 0. The second-order valence-electron chi connectivity index (χ2n) is 7.26. The number of nitrogens with zero attached hydrogens (tertiary/aromatic N) is 1. The van der Waals surface area contributed by atoms with Crippen LogP contribution in [0.5, 0.6) is 0 Å². The molecule has 0 bridgehead atoms. The number of piperidine rings is 2. The standard InChI is InChI=1S/C20H24N/c1-16-9-7-5-3-4-6-8-10-18(12-11-16)21-14-17-13-19(17)20(21,2)15-21/h3-12,17,19H,13-15H2,1-2H3/q+1. The van der Waals surface area contributed by atoms with Crippen LogP contribution >= 0.6 is 0 Å². The van der Waals surface area contributed by atoms with Crippen molar-refractivity contribution < 1.29 is 4.48 Å². The van der Waals surface area contributed by atoms with E-state index in [0.717, 1.165) is 11.8 Å². The summed E-state index contributed by atoms with van der Waals surface area (Å²) in [5.41, 5.74) is 3.34. The van der Waals surface area contributed by atoms with E-state index in [0.29, 0.717) is 5.54 Å². The minimum absolute atomic E-state index is 0.541.